The van der Waals surface area contributed by atoms with Crippen molar-refractivity contribution in [1.29, 1.82) is 0 Å². The molecule has 5 N–H and O–H groups in total. The van der Waals surface area contributed by atoms with Gasteiger partial charge >= 0.3 is 20.2 Å². The van der Waals surface area contributed by atoms with Crippen molar-refractivity contribution in [2.75, 3.05) is 19.8 Å². The number of allylic oxidation sites excluding steroid dienone is 3. The van der Waals surface area contributed by atoms with Gasteiger partial charge in [-0.15, -0.1) is 0 Å². The standard InChI is InChI=1S/C22H28F6NO6P/c23-21(24,25)17-6-3-15(4-7-17)2-1-11-34-19-8-5-16(12-18(19)22(26,27)28)9-10-20(29,13-30)14-35-36(31,32)33/h3-4,6-8,12,16,30H,1-2,5,9-11,13-14,29H2,(H2,31,32,33). The monoisotopic (exact) mass is 547 g/mol. The van der Waals surface area contributed by atoms with E-state index in [0.29, 0.717) is 12.0 Å². The summed E-state index contributed by atoms with van der Waals surface area (Å²) in [4.78, 5) is 17.6. The molecule has 14 heteroatoms. The first-order valence-corrected chi connectivity index (χ1v) is 12.4. The van der Waals surface area contributed by atoms with Crippen molar-refractivity contribution in [3.8, 4) is 0 Å². The van der Waals surface area contributed by atoms with Gasteiger partial charge in [-0.2, -0.15) is 26.3 Å². The number of hydrogen-bond acceptors (Lipinski definition) is 5. The van der Waals surface area contributed by atoms with Gasteiger partial charge in [0.1, 0.15) is 5.76 Å². The predicted molar refractivity (Wildman–Crippen MR) is 117 cm³/mol. The fourth-order valence-corrected chi connectivity index (χ4v) is 3.95. The molecule has 0 spiro atoms. The first-order valence-electron chi connectivity index (χ1n) is 10.9. The summed E-state index contributed by atoms with van der Waals surface area (Å²) in [5.41, 5.74) is 3.14. The van der Waals surface area contributed by atoms with Gasteiger partial charge in [0.05, 0.1) is 36.5 Å². The van der Waals surface area contributed by atoms with Crippen molar-refractivity contribution < 1.29 is 55.1 Å². The van der Waals surface area contributed by atoms with Crippen LogP contribution in [-0.4, -0.2) is 46.4 Å². The van der Waals surface area contributed by atoms with E-state index in [0.717, 1.165) is 18.2 Å². The molecule has 36 heavy (non-hydrogen) atoms. The number of phosphoric ester groups is 1. The summed E-state index contributed by atoms with van der Waals surface area (Å²) in [5, 5.41) is 9.45. The second kappa shape index (κ2) is 12.1. The molecule has 2 unspecified atom stereocenters. The van der Waals surface area contributed by atoms with E-state index in [1.54, 1.807) is 0 Å². The summed E-state index contributed by atoms with van der Waals surface area (Å²) in [6, 6.07) is 4.50. The summed E-state index contributed by atoms with van der Waals surface area (Å²) in [6.45, 7) is -1.46. The summed E-state index contributed by atoms with van der Waals surface area (Å²) in [5.74, 6) is -0.970. The molecule has 1 aliphatic carbocycles. The highest BCUT2D eigenvalue weighted by Gasteiger charge is 2.39. The smallest absolute Gasteiger partial charge is 0.469 e. The number of aliphatic hydroxyl groups excluding tert-OH is 1. The zero-order chi connectivity index (χ0) is 27.2. The second-order valence-electron chi connectivity index (χ2n) is 8.61. The molecule has 204 valence electrons. The maximum atomic E-state index is 13.6. The average molecular weight is 547 g/mol. The molecule has 2 atom stereocenters. The Kier molecular flexibility index (Phi) is 10.2. The van der Waals surface area contributed by atoms with Crippen LogP contribution in [0.15, 0.2) is 47.7 Å². The van der Waals surface area contributed by atoms with Crippen LogP contribution >= 0.6 is 7.82 Å². The van der Waals surface area contributed by atoms with Gasteiger partial charge in [0.15, 0.2) is 0 Å². The van der Waals surface area contributed by atoms with Crippen LogP contribution in [0.3, 0.4) is 0 Å². The lowest BCUT2D eigenvalue weighted by Crippen LogP contribution is -2.48. The summed E-state index contributed by atoms with van der Waals surface area (Å²) < 4.78 is 99.2. The molecule has 0 aromatic heterocycles. The number of ether oxygens (including phenoxy) is 1. The van der Waals surface area contributed by atoms with E-state index in [1.165, 1.54) is 18.2 Å². The van der Waals surface area contributed by atoms with Crippen LogP contribution in [0.5, 0.6) is 0 Å². The van der Waals surface area contributed by atoms with Gasteiger partial charge in [0, 0.05) is 0 Å². The number of alkyl halides is 6. The number of halogens is 6. The number of aryl methyl sites for hydroxylation is 1. The van der Waals surface area contributed by atoms with Crippen molar-refractivity contribution in [2.45, 2.75) is 50.0 Å². The fourth-order valence-electron chi connectivity index (χ4n) is 3.53. The van der Waals surface area contributed by atoms with Crippen LogP contribution in [-0.2, 0) is 26.4 Å². The van der Waals surface area contributed by atoms with E-state index >= 15 is 0 Å². The van der Waals surface area contributed by atoms with Gasteiger partial charge in [-0.1, -0.05) is 18.2 Å². The van der Waals surface area contributed by atoms with Crippen LogP contribution < -0.4 is 5.73 Å². The topological polar surface area (TPSA) is 122 Å². The number of aliphatic hydroxyl groups is 1. The Morgan fingerprint density at radius 3 is 2.22 bits per heavy atom. The number of phosphoric acid groups is 1. The molecule has 0 bridgehead atoms. The molecular weight excluding hydrogens is 519 g/mol. The number of benzene rings is 1. The van der Waals surface area contributed by atoms with E-state index in [4.69, 9.17) is 20.3 Å². The van der Waals surface area contributed by atoms with Crippen molar-refractivity contribution in [3.05, 3.63) is 58.9 Å². The largest absolute Gasteiger partial charge is 0.493 e. The Balaban J connectivity index is 1.92. The Bertz CT molecular complexity index is 973. The Labute approximate surface area is 203 Å². The first-order chi connectivity index (χ1) is 16.5. The van der Waals surface area contributed by atoms with E-state index < -0.39 is 56.0 Å². The number of nitrogens with two attached hydrogens (primary N) is 1. The van der Waals surface area contributed by atoms with Crippen LogP contribution in [0.2, 0.25) is 0 Å². The molecule has 1 aliphatic rings. The van der Waals surface area contributed by atoms with E-state index in [1.807, 2.05) is 0 Å². The Morgan fingerprint density at radius 2 is 1.69 bits per heavy atom. The van der Waals surface area contributed by atoms with Crippen LogP contribution in [0, 0.1) is 5.92 Å². The van der Waals surface area contributed by atoms with Gasteiger partial charge in [-0.05, 0) is 61.8 Å². The summed E-state index contributed by atoms with van der Waals surface area (Å²) >= 11 is 0. The van der Waals surface area contributed by atoms with Crippen LogP contribution in [0.25, 0.3) is 0 Å². The lowest BCUT2D eigenvalue weighted by atomic mass is 9.86. The van der Waals surface area contributed by atoms with Gasteiger partial charge < -0.3 is 25.4 Å². The summed E-state index contributed by atoms with van der Waals surface area (Å²) in [7, 11) is -4.84. The van der Waals surface area contributed by atoms with E-state index in [2.05, 4.69) is 4.52 Å². The van der Waals surface area contributed by atoms with Gasteiger partial charge in [0.2, 0.25) is 0 Å². The molecule has 1 aromatic carbocycles. The Hall–Kier alpha value is -1.89. The average Bonchev–Trinajstić information content (AvgIpc) is 2.78. The minimum absolute atomic E-state index is 0.0625. The van der Waals surface area contributed by atoms with Gasteiger partial charge in [-0.25, -0.2) is 4.57 Å². The zero-order valence-corrected chi connectivity index (χ0v) is 20.0. The van der Waals surface area contributed by atoms with Crippen molar-refractivity contribution in [1.82, 2.24) is 0 Å². The molecule has 0 saturated carbocycles. The second-order valence-corrected chi connectivity index (χ2v) is 9.85. The lowest BCUT2D eigenvalue weighted by Gasteiger charge is -2.29. The predicted octanol–water partition coefficient (Wildman–Crippen LogP) is 4.63. The van der Waals surface area contributed by atoms with E-state index in [9.17, 15) is 36.0 Å². The molecule has 7 nitrogen and oxygen atoms in total. The fraction of sp³-hybridized carbons (Fsp3) is 0.545. The minimum atomic E-state index is -4.84. The highest BCUT2D eigenvalue weighted by molar-refractivity contribution is 7.46. The molecule has 0 heterocycles. The molecular formula is C22H28F6NO6P. The summed E-state index contributed by atoms with van der Waals surface area (Å²) in [6.07, 6.45) is -6.09. The van der Waals surface area contributed by atoms with Crippen molar-refractivity contribution in [3.63, 3.8) is 0 Å². The van der Waals surface area contributed by atoms with Gasteiger partial charge in [0.25, 0.3) is 0 Å². The van der Waals surface area contributed by atoms with E-state index in [-0.39, 0.29) is 38.0 Å². The quantitative estimate of drug-likeness (QED) is 0.171. The lowest BCUT2D eigenvalue weighted by molar-refractivity contribution is -0.137. The van der Waals surface area contributed by atoms with Gasteiger partial charge in [-0.3, -0.25) is 4.52 Å². The number of hydrogen-bond donors (Lipinski definition) is 4. The third-order valence-corrected chi connectivity index (χ3v) is 6.04. The maximum Gasteiger partial charge on any atom is 0.469 e. The molecule has 0 amide bonds. The maximum absolute atomic E-state index is 13.6. The molecule has 0 aliphatic heterocycles. The van der Waals surface area contributed by atoms with Crippen molar-refractivity contribution >= 4 is 7.82 Å². The first kappa shape index (κ1) is 30.3. The molecule has 0 radical (unpaired) electrons. The molecule has 0 fully saturated rings. The third-order valence-electron chi connectivity index (χ3n) is 5.58. The van der Waals surface area contributed by atoms with Crippen LogP contribution in [0.4, 0.5) is 26.3 Å². The van der Waals surface area contributed by atoms with Crippen molar-refractivity contribution in [2.24, 2.45) is 11.7 Å². The third kappa shape index (κ3) is 9.87. The normalized spacial score (nSPS) is 18.9. The number of rotatable bonds is 12. The highest BCUT2D eigenvalue weighted by Crippen LogP contribution is 2.39. The Morgan fingerprint density at radius 1 is 1.06 bits per heavy atom. The van der Waals surface area contributed by atoms with Crippen LogP contribution in [0.1, 0.15) is 36.8 Å². The SMILES string of the molecule is NC(CO)(CCC1C=C(C(F)(F)F)C(OCCCc2ccc(C(F)(F)F)cc2)=CC1)COP(=O)(O)O. The molecule has 2 rings (SSSR count). The highest BCUT2D eigenvalue weighted by atomic mass is 31.2. The zero-order valence-electron chi connectivity index (χ0n) is 19.1. The minimum Gasteiger partial charge on any atom is -0.493 e. The molecule has 0 saturated heterocycles. The molecule has 1 aromatic rings.